The molecule has 1 aromatic heterocycles. The molecule has 4 heterocycles. The smallest absolute Gasteiger partial charge is 0.190 e. The van der Waals surface area contributed by atoms with Gasteiger partial charge in [0.1, 0.15) is 12.4 Å². The Balaban J connectivity index is 1.76. The van der Waals surface area contributed by atoms with Crippen molar-refractivity contribution in [2.75, 3.05) is 20.3 Å². The SMILES string of the molecule is CC[C@H]1C[C@@H]2C[C@H]3c4c(C(=O)CO)c5cc(OC)ccc5n4CN(C2)[C@@H]13. The molecule has 26 heavy (non-hydrogen) atoms. The minimum absolute atomic E-state index is 0.167. The second kappa shape index (κ2) is 5.83. The summed E-state index contributed by atoms with van der Waals surface area (Å²) in [5.74, 6) is 2.42. The number of aromatic nitrogens is 1. The number of ketones is 1. The molecular weight excluding hydrogens is 328 g/mol. The molecule has 4 bridgehead atoms. The Morgan fingerprint density at radius 3 is 2.92 bits per heavy atom. The molecule has 0 radical (unpaired) electrons. The molecule has 3 fully saturated rings. The number of rotatable bonds is 4. The standard InChI is InChI=1S/C21H26N2O3/c1-3-13-6-12-7-16-20(13)22(9-12)11-23-17-5-4-14(26-2)8-15(17)19(21(16)23)18(25)10-24/h4-5,8,12-13,16,20,24H,3,6-7,9-11H2,1-2H3/t12-,13+,16-,20+/m1/s1. The van der Waals surface area contributed by atoms with Crippen molar-refractivity contribution >= 4 is 16.7 Å². The molecule has 0 amide bonds. The van der Waals surface area contributed by atoms with Crippen molar-refractivity contribution in [2.45, 2.75) is 44.8 Å². The number of ether oxygens (including phenoxy) is 1. The number of methoxy groups -OCH3 is 1. The van der Waals surface area contributed by atoms with Crippen LogP contribution < -0.4 is 4.74 Å². The lowest BCUT2D eigenvalue weighted by molar-refractivity contribution is -0.0542. The number of aliphatic hydroxyl groups is 1. The maximum absolute atomic E-state index is 12.8. The number of hydrogen-bond donors (Lipinski definition) is 1. The van der Waals surface area contributed by atoms with Crippen LogP contribution in [0.15, 0.2) is 18.2 Å². The lowest BCUT2D eigenvalue weighted by Crippen LogP contribution is -2.59. The summed E-state index contributed by atoms with van der Waals surface area (Å²) in [4.78, 5) is 15.4. The molecule has 138 valence electrons. The van der Waals surface area contributed by atoms with Crippen molar-refractivity contribution in [3.05, 3.63) is 29.5 Å². The normalized spacial score (nSPS) is 31.9. The van der Waals surface area contributed by atoms with E-state index in [0.717, 1.165) is 46.9 Å². The van der Waals surface area contributed by atoms with Gasteiger partial charge in [-0.15, -0.1) is 0 Å². The molecule has 1 aliphatic carbocycles. The summed E-state index contributed by atoms with van der Waals surface area (Å²) in [6, 6.07) is 6.51. The van der Waals surface area contributed by atoms with Crippen molar-refractivity contribution in [2.24, 2.45) is 11.8 Å². The van der Waals surface area contributed by atoms with E-state index >= 15 is 0 Å². The van der Waals surface area contributed by atoms with Crippen LogP contribution in [0.25, 0.3) is 10.9 Å². The zero-order chi connectivity index (χ0) is 18.0. The Labute approximate surface area is 153 Å². The monoisotopic (exact) mass is 354 g/mol. The molecular formula is C21H26N2O3. The fraction of sp³-hybridized carbons (Fsp3) is 0.571. The topological polar surface area (TPSA) is 54.7 Å². The molecule has 1 unspecified atom stereocenters. The maximum atomic E-state index is 12.8. The number of fused-ring (bicyclic) bond motifs is 4. The first kappa shape index (κ1) is 16.3. The predicted octanol–water partition coefficient (Wildman–Crippen LogP) is 3.00. The van der Waals surface area contributed by atoms with Crippen molar-refractivity contribution in [3.8, 4) is 5.75 Å². The zero-order valence-electron chi connectivity index (χ0n) is 15.4. The van der Waals surface area contributed by atoms with Gasteiger partial charge in [-0.3, -0.25) is 9.69 Å². The summed E-state index contributed by atoms with van der Waals surface area (Å²) in [6.07, 6.45) is 3.69. The van der Waals surface area contributed by atoms with Gasteiger partial charge < -0.3 is 14.4 Å². The van der Waals surface area contributed by atoms with Crippen LogP contribution in [0.5, 0.6) is 5.75 Å². The molecule has 0 spiro atoms. The molecule has 6 rings (SSSR count). The highest BCUT2D eigenvalue weighted by atomic mass is 16.5. The predicted molar refractivity (Wildman–Crippen MR) is 99.6 cm³/mol. The van der Waals surface area contributed by atoms with Gasteiger partial charge in [-0.25, -0.2) is 0 Å². The van der Waals surface area contributed by atoms with Crippen LogP contribution in [0.1, 0.15) is 48.2 Å². The van der Waals surface area contributed by atoms with E-state index in [-0.39, 0.29) is 5.78 Å². The summed E-state index contributed by atoms with van der Waals surface area (Å²) < 4.78 is 7.73. The molecule has 1 saturated carbocycles. The second-order valence-electron chi connectivity index (χ2n) is 8.17. The fourth-order valence-corrected chi connectivity index (χ4v) is 6.05. The van der Waals surface area contributed by atoms with E-state index in [1.54, 1.807) is 7.11 Å². The van der Waals surface area contributed by atoms with E-state index in [1.165, 1.54) is 19.4 Å². The molecule has 1 aromatic carbocycles. The van der Waals surface area contributed by atoms with Gasteiger partial charge in [0.05, 0.1) is 19.3 Å². The van der Waals surface area contributed by atoms with Crippen molar-refractivity contribution in [1.29, 1.82) is 0 Å². The van der Waals surface area contributed by atoms with E-state index in [9.17, 15) is 9.90 Å². The van der Waals surface area contributed by atoms with Crippen LogP contribution in [-0.2, 0) is 6.67 Å². The average Bonchev–Trinajstić information content (AvgIpc) is 3.00. The maximum Gasteiger partial charge on any atom is 0.190 e. The van der Waals surface area contributed by atoms with E-state index in [2.05, 4.69) is 22.5 Å². The van der Waals surface area contributed by atoms with Gasteiger partial charge in [-0.2, -0.15) is 0 Å². The molecule has 1 N–H and O–H groups in total. The number of aliphatic hydroxyl groups excluding tert-OH is 1. The number of Topliss-reactive ketones (excluding diaryl/α,β-unsaturated/α-hetero) is 1. The van der Waals surface area contributed by atoms with Gasteiger partial charge in [0, 0.05) is 35.1 Å². The second-order valence-corrected chi connectivity index (χ2v) is 8.17. The summed E-state index contributed by atoms with van der Waals surface area (Å²) >= 11 is 0. The number of benzene rings is 1. The molecule has 5 nitrogen and oxygen atoms in total. The lowest BCUT2D eigenvalue weighted by atomic mass is 9.64. The first-order valence-corrected chi connectivity index (χ1v) is 9.74. The number of carbonyl (C=O) groups is 1. The average molecular weight is 354 g/mol. The summed E-state index contributed by atoms with van der Waals surface area (Å²) in [5.41, 5.74) is 2.97. The minimum Gasteiger partial charge on any atom is -0.497 e. The molecule has 2 saturated heterocycles. The molecule has 4 aliphatic rings. The van der Waals surface area contributed by atoms with Gasteiger partial charge in [0.15, 0.2) is 5.78 Å². The number of nitrogens with zero attached hydrogens (tertiary/aromatic N) is 2. The number of piperidine rings is 2. The minimum atomic E-state index is -0.439. The van der Waals surface area contributed by atoms with Gasteiger partial charge in [-0.1, -0.05) is 13.3 Å². The molecule has 5 atom stereocenters. The highest BCUT2D eigenvalue weighted by Crippen LogP contribution is 2.53. The lowest BCUT2D eigenvalue weighted by Gasteiger charge is -2.57. The fourth-order valence-electron chi connectivity index (χ4n) is 6.05. The first-order valence-electron chi connectivity index (χ1n) is 9.74. The van der Waals surface area contributed by atoms with E-state index in [0.29, 0.717) is 17.9 Å². The third-order valence-corrected chi connectivity index (χ3v) is 6.96. The number of carbonyl (C=O) groups excluding carboxylic acids is 1. The van der Waals surface area contributed by atoms with Crippen LogP contribution in [0.2, 0.25) is 0 Å². The van der Waals surface area contributed by atoms with Crippen LogP contribution in [0.3, 0.4) is 0 Å². The van der Waals surface area contributed by atoms with E-state index in [4.69, 9.17) is 4.74 Å². The van der Waals surface area contributed by atoms with Gasteiger partial charge in [0.25, 0.3) is 0 Å². The summed E-state index contributed by atoms with van der Waals surface area (Å²) in [6.45, 7) is 3.88. The van der Waals surface area contributed by atoms with Crippen molar-refractivity contribution in [1.82, 2.24) is 9.47 Å². The van der Waals surface area contributed by atoms with Crippen LogP contribution in [0, 0.1) is 11.8 Å². The Morgan fingerprint density at radius 2 is 2.19 bits per heavy atom. The quantitative estimate of drug-likeness (QED) is 0.858. The van der Waals surface area contributed by atoms with Crippen molar-refractivity contribution in [3.63, 3.8) is 0 Å². The van der Waals surface area contributed by atoms with Crippen molar-refractivity contribution < 1.29 is 14.6 Å². The number of hydrogen-bond acceptors (Lipinski definition) is 4. The van der Waals surface area contributed by atoms with Crippen LogP contribution >= 0.6 is 0 Å². The summed E-state index contributed by atoms with van der Waals surface area (Å²) in [5, 5.41) is 10.6. The third kappa shape index (κ3) is 2.07. The Morgan fingerprint density at radius 1 is 1.35 bits per heavy atom. The van der Waals surface area contributed by atoms with Gasteiger partial charge >= 0.3 is 0 Å². The summed E-state index contributed by atoms with van der Waals surface area (Å²) in [7, 11) is 1.65. The molecule has 2 aromatic rings. The highest BCUT2D eigenvalue weighted by molar-refractivity contribution is 6.10. The highest BCUT2D eigenvalue weighted by Gasteiger charge is 2.51. The Bertz CT molecular complexity index is 887. The zero-order valence-corrected chi connectivity index (χ0v) is 15.4. The van der Waals surface area contributed by atoms with Crippen LogP contribution in [-0.4, -0.2) is 46.7 Å². The van der Waals surface area contributed by atoms with Crippen LogP contribution in [0.4, 0.5) is 0 Å². The van der Waals surface area contributed by atoms with E-state index in [1.807, 2.05) is 12.1 Å². The Kier molecular flexibility index (Phi) is 3.66. The van der Waals surface area contributed by atoms with Gasteiger partial charge in [-0.05, 0) is 42.9 Å². The third-order valence-electron chi connectivity index (χ3n) is 6.96. The Hall–Kier alpha value is -1.85. The van der Waals surface area contributed by atoms with Gasteiger partial charge in [0.2, 0.25) is 0 Å². The van der Waals surface area contributed by atoms with E-state index < -0.39 is 6.61 Å². The first-order chi connectivity index (χ1) is 12.7. The molecule has 5 heteroatoms. The molecule has 3 aliphatic heterocycles. The largest absolute Gasteiger partial charge is 0.497 e.